The second kappa shape index (κ2) is 4.89. The molecule has 0 atom stereocenters. The van der Waals surface area contributed by atoms with Crippen molar-refractivity contribution < 1.29 is 0 Å². The minimum atomic E-state index is -0.0240. The van der Waals surface area contributed by atoms with E-state index in [0.717, 1.165) is 10.7 Å². The molecular weight excluding hydrogens is 254 g/mol. The zero-order valence-electron chi connectivity index (χ0n) is 7.62. The topological polar surface area (TPSA) is 57.8 Å². The molecule has 2 N–H and O–H groups in total. The van der Waals surface area contributed by atoms with Crippen LogP contribution in [0.3, 0.4) is 0 Å². The van der Waals surface area contributed by atoms with Gasteiger partial charge >= 0.3 is 4.87 Å². The molecule has 0 aliphatic rings. The highest BCUT2D eigenvalue weighted by Gasteiger charge is 2.00. The van der Waals surface area contributed by atoms with Crippen molar-refractivity contribution in [2.45, 2.75) is 13.1 Å². The highest BCUT2D eigenvalue weighted by Crippen LogP contribution is 2.17. The van der Waals surface area contributed by atoms with Crippen LogP contribution in [0.25, 0.3) is 0 Å². The molecule has 15 heavy (non-hydrogen) atoms. The highest BCUT2D eigenvalue weighted by atomic mass is 35.5. The maximum Gasteiger partial charge on any atom is 0.304 e. The Kier molecular flexibility index (Phi) is 3.53. The zero-order valence-corrected chi connectivity index (χ0v) is 10.0. The fourth-order valence-corrected chi connectivity index (χ4v) is 2.58. The van der Waals surface area contributed by atoms with Crippen molar-refractivity contribution in [2.75, 3.05) is 0 Å². The summed E-state index contributed by atoms with van der Waals surface area (Å²) in [6, 6.07) is 0. The number of hydrogen-bond donors (Lipinski definition) is 2. The number of hydrogen-bond acceptors (Lipinski definition) is 5. The van der Waals surface area contributed by atoms with Crippen LogP contribution < -0.4 is 10.2 Å². The van der Waals surface area contributed by atoms with Gasteiger partial charge in [0, 0.05) is 24.2 Å². The molecule has 0 aromatic carbocycles. The molecule has 0 fully saturated rings. The average molecular weight is 262 g/mol. The van der Waals surface area contributed by atoms with Crippen LogP contribution in [0.4, 0.5) is 0 Å². The fourth-order valence-electron chi connectivity index (χ4n) is 1.07. The van der Waals surface area contributed by atoms with Gasteiger partial charge in [0.05, 0.1) is 6.20 Å². The van der Waals surface area contributed by atoms with Crippen LogP contribution in [0.1, 0.15) is 10.7 Å². The molecule has 2 aromatic rings. The van der Waals surface area contributed by atoms with Gasteiger partial charge < -0.3 is 10.3 Å². The number of halogens is 1. The van der Waals surface area contributed by atoms with E-state index in [1.165, 1.54) is 22.7 Å². The first-order chi connectivity index (χ1) is 7.24. The molecule has 0 aliphatic heterocycles. The summed E-state index contributed by atoms with van der Waals surface area (Å²) in [6.07, 6.45) is 1.63. The minimum absolute atomic E-state index is 0.0240. The van der Waals surface area contributed by atoms with Gasteiger partial charge in [0.25, 0.3) is 0 Å². The van der Waals surface area contributed by atoms with Crippen molar-refractivity contribution in [1.82, 2.24) is 15.3 Å². The molecule has 2 aromatic heterocycles. The van der Waals surface area contributed by atoms with Crippen molar-refractivity contribution in [3.63, 3.8) is 0 Å². The van der Waals surface area contributed by atoms with Gasteiger partial charge in [0.15, 0.2) is 0 Å². The second-order valence-corrected chi connectivity index (χ2v) is 5.42. The third-order valence-electron chi connectivity index (χ3n) is 1.69. The van der Waals surface area contributed by atoms with Crippen molar-refractivity contribution >= 4 is 34.3 Å². The van der Waals surface area contributed by atoms with E-state index in [4.69, 9.17) is 11.6 Å². The van der Waals surface area contributed by atoms with E-state index in [1.54, 1.807) is 6.20 Å². The molecule has 0 saturated heterocycles. The first-order valence-electron chi connectivity index (χ1n) is 4.21. The van der Waals surface area contributed by atoms with Crippen LogP contribution in [-0.4, -0.2) is 9.97 Å². The molecule has 0 radical (unpaired) electrons. The molecule has 0 aliphatic carbocycles. The average Bonchev–Trinajstić information content (AvgIpc) is 2.76. The lowest BCUT2D eigenvalue weighted by Gasteiger charge is -1.98. The third kappa shape index (κ3) is 3.13. The summed E-state index contributed by atoms with van der Waals surface area (Å²) in [5.74, 6) is 0. The van der Waals surface area contributed by atoms with Crippen LogP contribution in [0, 0.1) is 0 Å². The molecular formula is C8H8ClN3OS2. The van der Waals surface area contributed by atoms with E-state index < -0.39 is 0 Å². The number of aromatic nitrogens is 2. The number of aromatic amines is 1. The lowest BCUT2D eigenvalue weighted by atomic mass is 10.5. The summed E-state index contributed by atoms with van der Waals surface area (Å²) in [7, 11) is 0. The Morgan fingerprint density at radius 2 is 2.40 bits per heavy atom. The minimum Gasteiger partial charge on any atom is -0.315 e. The monoisotopic (exact) mass is 261 g/mol. The molecule has 80 valence electrons. The Morgan fingerprint density at radius 3 is 3.00 bits per heavy atom. The molecule has 2 rings (SSSR count). The molecule has 0 saturated carbocycles. The maximum absolute atomic E-state index is 10.8. The second-order valence-electron chi connectivity index (χ2n) is 2.84. The normalized spacial score (nSPS) is 10.7. The summed E-state index contributed by atoms with van der Waals surface area (Å²) in [6.45, 7) is 1.30. The lowest BCUT2D eigenvalue weighted by molar-refractivity contribution is 0.678. The van der Waals surface area contributed by atoms with E-state index in [1.807, 2.05) is 5.38 Å². The Labute approximate surface area is 99.0 Å². The fraction of sp³-hybridized carbons (Fsp3) is 0.250. The van der Waals surface area contributed by atoms with Crippen LogP contribution >= 0.6 is 34.3 Å². The molecule has 0 unspecified atom stereocenters. The Morgan fingerprint density at radius 1 is 1.53 bits per heavy atom. The Bertz CT molecular complexity index is 490. The first kappa shape index (κ1) is 10.8. The number of nitrogens with zero attached hydrogens (tertiary/aromatic N) is 1. The van der Waals surface area contributed by atoms with Crippen molar-refractivity contribution in [1.29, 1.82) is 0 Å². The molecule has 0 amide bonds. The van der Waals surface area contributed by atoms with E-state index in [0.29, 0.717) is 17.4 Å². The van der Waals surface area contributed by atoms with Gasteiger partial charge in [-0.2, -0.15) is 0 Å². The van der Waals surface area contributed by atoms with E-state index in [2.05, 4.69) is 15.3 Å². The van der Waals surface area contributed by atoms with E-state index >= 15 is 0 Å². The number of H-pyrrole nitrogens is 1. The predicted molar refractivity (Wildman–Crippen MR) is 62.6 cm³/mol. The van der Waals surface area contributed by atoms with Crippen LogP contribution in [0.15, 0.2) is 16.4 Å². The smallest absolute Gasteiger partial charge is 0.304 e. The first-order valence-corrected chi connectivity index (χ1v) is 6.29. The molecule has 2 heterocycles. The molecule has 0 bridgehead atoms. The Balaban J connectivity index is 1.82. The SMILES string of the molecule is O=c1[nH]c(CNCc2ncc(Cl)s2)cs1. The molecule has 7 heteroatoms. The summed E-state index contributed by atoms with van der Waals surface area (Å²) in [5.41, 5.74) is 0.896. The molecule has 0 spiro atoms. The summed E-state index contributed by atoms with van der Waals surface area (Å²) in [4.78, 5) is 17.6. The maximum atomic E-state index is 10.8. The van der Waals surface area contributed by atoms with Gasteiger partial charge in [0.2, 0.25) is 0 Å². The van der Waals surface area contributed by atoms with Gasteiger partial charge in [-0.15, -0.1) is 11.3 Å². The van der Waals surface area contributed by atoms with Gasteiger partial charge in [-0.3, -0.25) is 4.79 Å². The summed E-state index contributed by atoms with van der Waals surface area (Å²) < 4.78 is 0.691. The number of nitrogens with one attached hydrogen (secondary N) is 2. The largest absolute Gasteiger partial charge is 0.315 e. The third-order valence-corrected chi connectivity index (χ3v) is 3.52. The van der Waals surface area contributed by atoms with E-state index in [-0.39, 0.29) is 4.87 Å². The highest BCUT2D eigenvalue weighted by molar-refractivity contribution is 7.15. The van der Waals surface area contributed by atoms with Crippen molar-refractivity contribution in [2.24, 2.45) is 0 Å². The van der Waals surface area contributed by atoms with Gasteiger partial charge in [0.1, 0.15) is 9.34 Å². The number of rotatable bonds is 4. The van der Waals surface area contributed by atoms with Crippen LogP contribution in [0.2, 0.25) is 4.34 Å². The predicted octanol–water partition coefficient (Wildman–Crippen LogP) is 1.84. The quantitative estimate of drug-likeness (QED) is 0.883. The zero-order chi connectivity index (χ0) is 10.7. The van der Waals surface area contributed by atoms with Crippen LogP contribution in [0.5, 0.6) is 0 Å². The molecule has 4 nitrogen and oxygen atoms in total. The van der Waals surface area contributed by atoms with Crippen molar-refractivity contribution in [3.05, 3.63) is 36.3 Å². The summed E-state index contributed by atoms with van der Waals surface area (Å²) in [5, 5.41) is 5.92. The van der Waals surface area contributed by atoms with Crippen LogP contribution in [-0.2, 0) is 13.1 Å². The standard InChI is InChI=1S/C8H8ClN3OS2/c9-6-2-11-7(15-6)3-10-1-5-4-14-8(13)12-5/h2,4,10H,1,3H2,(H,12,13). The Hall–Kier alpha value is -0.690. The van der Waals surface area contributed by atoms with E-state index in [9.17, 15) is 4.79 Å². The number of thiazole rings is 2. The van der Waals surface area contributed by atoms with Gasteiger partial charge in [-0.05, 0) is 0 Å². The summed E-state index contributed by atoms with van der Waals surface area (Å²) >= 11 is 8.36. The van der Waals surface area contributed by atoms with Gasteiger partial charge in [-0.1, -0.05) is 22.9 Å². The van der Waals surface area contributed by atoms with Gasteiger partial charge in [-0.25, -0.2) is 4.98 Å². The lowest BCUT2D eigenvalue weighted by Crippen LogP contribution is -2.13. The van der Waals surface area contributed by atoms with Crippen molar-refractivity contribution in [3.8, 4) is 0 Å².